The van der Waals surface area contributed by atoms with Crippen LogP contribution in [0, 0.1) is 0 Å². The van der Waals surface area contributed by atoms with Crippen molar-refractivity contribution in [2.45, 2.75) is 0 Å². The van der Waals surface area contributed by atoms with E-state index in [-0.39, 0.29) is 10.3 Å². The molecule has 0 saturated carbocycles. The van der Waals surface area contributed by atoms with Gasteiger partial charge in [-0.15, -0.1) is 0 Å². The van der Waals surface area contributed by atoms with Crippen molar-refractivity contribution < 1.29 is 0 Å². The lowest BCUT2D eigenvalue weighted by Crippen LogP contribution is -1.47. The molecule has 0 fully saturated rings. The fourth-order valence-corrected chi connectivity index (χ4v) is 0. The van der Waals surface area contributed by atoms with Crippen molar-refractivity contribution in [3.05, 3.63) is 0 Å². The zero-order chi connectivity index (χ0) is 3.58. The molecule has 0 N–H and O–H groups in total. The third-order valence-corrected chi connectivity index (χ3v) is 0. The zero-order valence-electron chi connectivity index (χ0n) is 2.69. The first-order valence-corrected chi connectivity index (χ1v) is 2.80. The van der Waals surface area contributed by atoms with Gasteiger partial charge in [-0.05, 0) is 6.26 Å². The molecule has 22 valence electrons. The molecule has 0 aromatic carbocycles. The van der Waals surface area contributed by atoms with E-state index in [9.17, 15) is 0 Å². The molecule has 2 radical (unpaired) electrons. The SMILES string of the molecule is [B]S(=C)C. The first-order valence-electron chi connectivity index (χ1n) is 0.933. The third kappa shape index (κ3) is 46.5. The number of hydrogen-bond donors (Lipinski definition) is 0. The molecule has 4 heavy (non-hydrogen) atoms. The van der Waals surface area contributed by atoms with Gasteiger partial charge < -0.3 is 0 Å². The Morgan fingerprint density at radius 3 is 2.00 bits per heavy atom. The van der Waals surface area contributed by atoms with E-state index in [2.05, 4.69) is 5.87 Å². The normalized spacial score (nSPS) is 15.2. The van der Waals surface area contributed by atoms with E-state index in [1.54, 1.807) is 0 Å². The van der Waals surface area contributed by atoms with Crippen LogP contribution in [0.15, 0.2) is 0 Å². The molecule has 0 aromatic rings. The molecule has 1 unspecified atom stereocenters. The highest BCUT2D eigenvalue weighted by molar-refractivity contribution is 8.31. The van der Waals surface area contributed by atoms with Crippen LogP contribution < -0.4 is 0 Å². The lowest BCUT2D eigenvalue weighted by Gasteiger charge is -1.70. The first-order chi connectivity index (χ1) is 1.73. The van der Waals surface area contributed by atoms with E-state index in [1.165, 1.54) is 0 Å². The second-order valence-electron chi connectivity index (χ2n) is 0.691. The van der Waals surface area contributed by atoms with E-state index in [0.29, 0.717) is 0 Å². The number of rotatable bonds is 0. The zero-order valence-corrected chi connectivity index (χ0v) is 3.51. The van der Waals surface area contributed by atoms with Crippen LogP contribution in [0.3, 0.4) is 0 Å². The fraction of sp³-hybridized carbons (Fsp3) is 0.500. The summed E-state index contributed by atoms with van der Waals surface area (Å²) in [5, 5.41) is 0. The van der Waals surface area contributed by atoms with Gasteiger partial charge in [0.1, 0.15) is 0 Å². The predicted octanol–water partition coefficient (Wildman–Crippen LogP) is 0.401. The molecule has 0 spiro atoms. The Labute approximate surface area is 30.4 Å². The number of hydrogen-bond acceptors (Lipinski definition) is 0. The summed E-state index contributed by atoms with van der Waals surface area (Å²) in [5.74, 6) is 3.44. The minimum atomic E-state index is -0.111. The van der Waals surface area contributed by atoms with Gasteiger partial charge in [0.05, 0.1) is 0 Å². The average molecular weight is 71.9 g/mol. The van der Waals surface area contributed by atoms with Crippen LogP contribution in [0.1, 0.15) is 0 Å². The van der Waals surface area contributed by atoms with Crippen LogP contribution in [0.4, 0.5) is 0 Å². The summed E-state index contributed by atoms with van der Waals surface area (Å²) in [7, 11) is 4.92. The summed E-state index contributed by atoms with van der Waals surface area (Å²) in [6.45, 7) is 0. The molecule has 1 atom stereocenters. The molecular weight excluding hydrogens is 66.9 g/mol. The summed E-state index contributed by atoms with van der Waals surface area (Å²) >= 11 is 0. The largest absolute Gasteiger partial charge is 0.249 e. The molecule has 0 nitrogen and oxygen atoms in total. The molecule has 0 bridgehead atoms. The van der Waals surface area contributed by atoms with Crippen molar-refractivity contribution in [2.75, 3.05) is 6.26 Å². The van der Waals surface area contributed by atoms with E-state index in [1.807, 2.05) is 6.26 Å². The molecule has 0 rings (SSSR count). The van der Waals surface area contributed by atoms with Gasteiger partial charge in [-0.25, -0.2) is 10.3 Å². The summed E-state index contributed by atoms with van der Waals surface area (Å²) in [5.41, 5.74) is 0. The highest BCUT2D eigenvalue weighted by atomic mass is 32.2. The molecule has 0 amide bonds. The van der Waals surface area contributed by atoms with Crippen molar-refractivity contribution in [1.82, 2.24) is 0 Å². The maximum Gasteiger partial charge on any atom is 0.153 e. The second kappa shape index (κ2) is 1.59. The minimum absolute atomic E-state index is 0.111. The van der Waals surface area contributed by atoms with Crippen molar-refractivity contribution in [2.24, 2.45) is 0 Å². The van der Waals surface area contributed by atoms with E-state index in [4.69, 9.17) is 7.12 Å². The average Bonchev–Trinajstić information content (AvgIpc) is 0.811. The molecular formula is C2H5BS. The second-order valence-corrected chi connectivity index (χ2v) is 2.07. The Bertz CT molecular complexity index is 29.0. The van der Waals surface area contributed by atoms with Crippen LogP contribution in [0.25, 0.3) is 0 Å². The van der Waals surface area contributed by atoms with E-state index >= 15 is 0 Å². The Kier molecular flexibility index (Phi) is 1.70. The topological polar surface area (TPSA) is 0 Å². The monoisotopic (exact) mass is 72.0 g/mol. The molecule has 0 aliphatic rings. The van der Waals surface area contributed by atoms with Crippen molar-refractivity contribution in [3.8, 4) is 0 Å². The molecule has 0 heterocycles. The van der Waals surface area contributed by atoms with Gasteiger partial charge in [0.15, 0.2) is 7.12 Å². The maximum absolute atomic E-state index is 5.03. The third-order valence-electron chi connectivity index (χ3n) is 0. The Morgan fingerprint density at radius 1 is 2.00 bits per heavy atom. The van der Waals surface area contributed by atoms with Crippen molar-refractivity contribution in [1.29, 1.82) is 0 Å². The van der Waals surface area contributed by atoms with Crippen LogP contribution in [0.5, 0.6) is 0 Å². The van der Waals surface area contributed by atoms with Gasteiger partial charge >= 0.3 is 0 Å². The van der Waals surface area contributed by atoms with Crippen molar-refractivity contribution in [3.63, 3.8) is 0 Å². The minimum Gasteiger partial charge on any atom is -0.249 e. The first kappa shape index (κ1) is 4.28. The summed E-state index contributed by atoms with van der Waals surface area (Å²) in [6.07, 6.45) is 1.86. The van der Waals surface area contributed by atoms with Gasteiger partial charge in [-0.1, -0.05) is 5.87 Å². The smallest absolute Gasteiger partial charge is 0.153 e. The van der Waals surface area contributed by atoms with Crippen LogP contribution in [0.2, 0.25) is 0 Å². The predicted molar refractivity (Wildman–Crippen MR) is 26.4 cm³/mol. The summed E-state index contributed by atoms with van der Waals surface area (Å²) < 4.78 is 0. The van der Waals surface area contributed by atoms with Crippen LogP contribution >= 0.6 is 10.3 Å². The summed E-state index contributed by atoms with van der Waals surface area (Å²) in [6, 6.07) is 0. The van der Waals surface area contributed by atoms with E-state index in [0.717, 1.165) is 0 Å². The highest BCUT2D eigenvalue weighted by Crippen LogP contribution is 1.83. The molecule has 0 aromatic heterocycles. The Morgan fingerprint density at radius 2 is 2.00 bits per heavy atom. The highest BCUT2D eigenvalue weighted by Gasteiger charge is 1.48. The lowest BCUT2D eigenvalue weighted by atomic mass is 10.8. The quantitative estimate of drug-likeness (QED) is 0.287. The Balaban J connectivity index is 2.80. The van der Waals surface area contributed by atoms with Gasteiger partial charge in [0, 0.05) is 0 Å². The summed E-state index contributed by atoms with van der Waals surface area (Å²) in [4.78, 5) is 0. The van der Waals surface area contributed by atoms with Crippen LogP contribution in [-0.2, 0) is 0 Å². The van der Waals surface area contributed by atoms with Gasteiger partial charge in [-0.3, -0.25) is 0 Å². The maximum atomic E-state index is 5.03. The van der Waals surface area contributed by atoms with Crippen LogP contribution in [-0.4, -0.2) is 19.3 Å². The fourth-order valence-electron chi connectivity index (χ4n) is 0. The standard InChI is InChI=1S/C2H5BS/c1-4(2)3/h1H2,2H3. The lowest BCUT2D eigenvalue weighted by molar-refractivity contribution is 2.53. The van der Waals surface area contributed by atoms with Gasteiger partial charge in [0.2, 0.25) is 0 Å². The molecule has 0 aliphatic heterocycles. The molecule has 0 saturated heterocycles. The Hall–Kier alpha value is 0.285. The molecule has 2 heteroatoms. The molecule has 0 aliphatic carbocycles. The van der Waals surface area contributed by atoms with Crippen molar-refractivity contribution >= 4 is 23.3 Å². The van der Waals surface area contributed by atoms with Gasteiger partial charge in [0.25, 0.3) is 0 Å². The van der Waals surface area contributed by atoms with E-state index < -0.39 is 0 Å². The van der Waals surface area contributed by atoms with Gasteiger partial charge in [-0.2, -0.15) is 0 Å².